The zero-order valence-electron chi connectivity index (χ0n) is 12.3. The molecular formula is C14H28N4. The first-order chi connectivity index (χ1) is 8.63. The van der Waals surface area contributed by atoms with E-state index in [1.165, 1.54) is 12.8 Å². The Kier molecular flexibility index (Phi) is 6.94. The molecule has 1 heterocycles. The Balaban J connectivity index is 2.31. The summed E-state index contributed by atoms with van der Waals surface area (Å²) in [7, 11) is 0. The van der Waals surface area contributed by atoms with Crippen LogP contribution in [0.3, 0.4) is 0 Å². The van der Waals surface area contributed by atoms with Gasteiger partial charge in [-0.25, -0.2) is 9.67 Å². The van der Waals surface area contributed by atoms with Gasteiger partial charge >= 0.3 is 0 Å². The van der Waals surface area contributed by atoms with Gasteiger partial charge in [0, 0.05) is 13.0 Å². The zero-order valence-corrected chi connectivity index (χ0v) is 12.3. The van der Waals surface area contributed by atoms with Gasteiger partial charge in [-0.1, -0.05) is 27.7 Å². The third kappa shape index (κ3) is 5.63. The molecular weight excluding hydrogens is 224 g/mol. The largest absolute Gasteiger partial charge is 0.316 e. The van der Waals surface area contributed by atoms with Crippen molar-refractivity contribution < 1.29 is 0 Å². The van der Waals surface area contributed by atoms with Crippen molar-refractivity contribution in [2.45, 2.75) is 53.5 Å². The van der Waals surface area contributed by atoms with E-state index in [-0.39, 0.29) is 0 Å². The fourth-order valence-corrected chi connectivity index (χ4v) is 1.98. The molecule has 1 aromatic rings. The average molecular weight is 252 g/mol. The smallest absolute Gasteiger partial charge is 0.138 e. The summed E-state index contributed by atoms with van der Waals surface area (Å²) in [6, 6.07) is 0. The highest BCUT2D eigenvalue weighted by molar-refractivity contribution is 4.85. The maximum atomic E-state index is 4.37. The van der Waals surface area contributed by atoms with E-state index in [2.05, 4.69) is 47.8 Å². The molecule has 0 saturated carbocycles. The van der Waals surface area contributed by atoms with Crippen molar-refractivity contribution in [3.63, 3.8) is 0 Å². The summed E-state index contributed by atoms with van der Waals surface area (Å²) in [5.41, 5.74) is 0. The number of hydrogen-bond donors (Lipinski definition) is 1. The van der Waals surface area contributed by atoms with Gasteiger partial charge in [0.1, 0.15) is 12.2 Å². The van der Waals surface area contributed by atoms with Gasteiger partial charge in [0.05, 0.1) is 0 Å². The number of hydrogen-bond acceptors (Lipinski definition) is 3. The van der Waals surface area contributed by atoms with Crippen molar-refractivity contribution in [2.75, 3.05) is 13.1 Å². The second-order valence-electron chi connectivity index (χ2n) is 5.60. The van der Waals surface area contributed by atoms with Crippen LogP contribution < -0.4 is 5.32 Å². The van der Waals surface area contributed by atoms with Gasteiger partial charge < -0.3 is 5.32 Å². The molecule has 0 bridgehead atoms. The fourth-order valence-electron chi connectivity index (χ4n) is 1.98. The molecule has 18 heavy (non-hydrogen) atoms. The van der Waals surface area contributed by atoms with Crippen LogP contribution in [0.25, 0.3) is 0 Å². The first kappa shape index (κ1) is 15.2. The van der Waals surface area contributed by atoms with E-state index in [9.17, 15) is 0 Å². The van der Waals surface area contributed by atoms with Crippen LogP contribution in [0.2, 0.25) is 0 Å². The van der Waals surface area contributed by atoms with E-state index in [4.69, 9.17) is 0 Å². The molecule has 1 N–H and O–H groups in total. The maximum Gasteiger partial charge on any atom is 0.138 e. The summed E-state index contributed by atoms with van der Waals surface area (Å²) < 4.78 is 2.05. The van der Waals surface area contributed by atoms with Crippen molar-refractivity contribution in [1.29, 1.82) is 0 Å². The molecule has 0 aliphatic carbocycles. The molecule has 0 spiro atoms. The lowest BCUT2D eigenvalue weighted by Gasteiger charge is -2.13. The van der Waals surface area contributed by atoms with Crippen molar-refractivity contribution in [3.8, 4) is 0 Å². The SMILES string of the molecule is CCCNCC(C)CCc1ncnn1CC(C)C. The van der Waals surface area contributed by atoms with Gasteiger partial charge in [-0.15, -0.1) is 0 Å². The highest BCUT2D eigenvalue weighted by atomic mass is 15.3. The van der Waals surface area contributed by atoms with Gasteiger partial charge in [0.15, 0.2) is 0 Å². The van der Waals surface area contributed by atoms with E-state index in [0.717, 1.165) is 31.9 Å². The third-order valence-corrected chi connectivity index (χ3v) is 3.01. The second kappa shape index (κ2) is 8.25. The Labute approximate surface area is 111 Å². The van der Waals surface area contributed by atoms with Crippen LogP contribution in [-0.4, -0.2) is 27.9 Å². The lowest BCUT2D eigenvalue weighted by Crippen LogP contribution is -2.22. The predicted molar refractivity (Wildman–Crippen MR) is 75.5 cm³/mol. The van der Waals surface area contributed by atoms with E-state index in [1.807, 2.05) is 0 Å². The number of aryl methyl sites for hydroxylation is 1. The molecule has 1 unspecified atom stereocenters. The molecule has 0 fully saturated rings. The standard InChI is InChI=1S/C14H28N4/c1-5-8-15-9-13(4)6-7-14-16-11-17-18(14)10-12(2)3/h11-13,15H,5-10H2,1-4H3. The Hall–Kier alpha value is -0.900. The summed E-state index contributed by atoms with van der Waals surface area (Å²) in [5.74, 6) is 2.45. The molecule has 1 aromatic heterocycles. The van der Waals surface area contributed by atoms with Crippen LogP contribution in [0.4, 0.5) is 0 Å². The summed E-state index contributed by atoms with van der Waals surface area (Å²) in [6.45, 7) is 12.1. The second-order valence-corrected chi connectivity index (χ2v) is 5.60. The van der Waals surface area contributed by atoms with Gasteiger partial charge in [-0.05, 0) is 37.8 Å². The first-order valence-electron chi connectivity index (χ1n) is 7.20. The van der Waals surface area contributed by atoms with Crippen LogP contribution in [-0.2, 0) is 13.0 Å². The monoisotopic (exact) mass is 252 g/mol. The minimum atomic E-state index is 0.620. The minimum Gasteiger partial charge on any atom is -0.316 e. The number of nitrogens with zero attached hydrogens (tertiary/aromatic N) is 3. The maximum absolute atomic E-state index is 4.37. The summed E-state index contributed by atoms with van der Waals surface area (Å²) in [6.07, 6.45) is 5.09. The Bertz CT molecular complexity index is 319. The highest BCUT2D eigenvalue weighted by Gasteiger charge is 2.08. The van der Waals surface area contributed by atoms with Crippen LogP contribution in [0.15, 0.2) is 6.33 Å². The molecule has 0 aliphatic heterocycles. The molecule has 0 aliphatic rings. The van der Waals surface area contributed by atoms with Gasteiger partial charge in [0.25, 0.3) is 0 Å². The number of rotatable bonds is 9. The summed E-state index contributed by atoms with van der Waals surface area (Å²) in [5, 5.41) is 7.77. The minimum absolute atomic E-state index is 0.620. The van der Waals surface area contributed by atoms with E-state index in [0.29, 0.717) is 11.8 Å². The zero-order chi connectivity index (χ0) is 13.4. The van der Waals surface area contributed by atoms with Crippen molar-refractivity contribution in [2.24, 2.45) is 11.8 Å². The van der Waals surface area contributed by atoms with Crippen LogP contribution >= 0.6 is 0 Å². The molecule has 4 heteroatoms. The van der Waals surface area contributed by atoms with Crippen molar-refractivity contribution >= 4 is 0 Å². The van der Waals surface area contributed by atoms with E-state index >= 15 is 0 Å². The quantitative estimate of drug-likeness (QED) is 0.687. The van der Waals surface area contributed by atoms with Crippen molar-refractivity contribution in [3.05, 3.63) is 12.2 Å². The summed E-state index contributed by atoms with van der Waals surface area (Å²) >= 11 is 0. The number of nitrogens with one attached hydrogen (secondary N) is 1. The molecule has 4 nitrogen and oxygen atoms in total. The molecule has 1 atom stereocenters. The molecule has 1 rings (SSSR count). The topological polar surface area (TPSA) is 42.7 Å². The Morgan fingerprint density at radius 1 is 1.33 bits per heavy atom. The van der Waals surface area contributed by atoms with Gasteiger partial charge in [-0.3, -0.25) is 0 Å². The average Bonchev–Trinajstić information content (AvgIpc) is 2.73. The Morgan fingerprint density at radius 2 is 2.11 bits per heavy atom. The molecule has 104 valence electrons. The molecule has 0 saturated heterocycles. The van der Waals surface area contributed by atoms with Gasteiger partial charge in [-0.2, -0.15) is 5.10 Å². The van der Waals surface area contributed by atoms with E-state index < -0.39 is 0 Å². The third-order valence-electron chi connectivity index (χ3n) is 3.01. The molecule has 0 amide bonds. The fraction of sp³-hybridized carbons (Fsp3) is 0.857. The lowest BCUT2D eigenvalue weighted by atomic mass is 10.1. The van der Waals surface area contributed by atoms with Crippen LogP contribution in [0.1, 0.15) is 46.4 Å². The molecule has 0 aromatic carbocycles. The lowest BCUT2D eigenvalue weighted by molar-refractivity contribution is 0.440. The van der Waals surface area contributed by atoms with Crippen LogP contribution in [0.5, 0.6) is 0 Å². The first-order valence-corrected chi connectivity index (χ1v) is 7.20. The Morgan fingerprint density at radius 3 is 2.78 bits per heavy atom. The summed E-state index contributed by atoms with van der Waals surface area (Å²) in [4.78, 5) is 4.37. The van der Waals surface area contributed by atoms with Gasteiger partial charge in [0.2, 0.25) is 0 Å². The molecule has 0 radical (unpaired) electrons. The highest BCUT2D eigenvalue weighted by Crippen LogP contribution is 2.08. The predicted octanol–water partition coefficient (Wildman–Crippen LogP) is 2.50. The number of aromatic nitrogens is 3. The normalized spacial score (nSPS) is 13.2. The van der Waals surface area contributed by atoms with Crippen LogP contribution in [0, 0.1) is 11.8 Å². The van der Waals surface area contributed by atoms with E-state index in [1.54, 1.807) is 6.33 Å². The van der Waals surface area contributed by atoms with Crippen molar-refractivity contribution in [1.82, 2.24) is 20.1 Å².